The zero-order chi connectivity index (χ0) is 16.1. The van der Waals surface area contributed by atoms with E-state index in [2.05, 4.69) is 0 Å². The van der Waals surface area contributed by atoms with Crippen molar-refractivity contribution in [1.82, 2.24) is 0 Å². The maximum absolute atomic E-state index is 12.5. The normalized spacial score (nSPS) is 14.5. The van der Waals surface area contributed by atoms with Crippen LogP contribution < -0.4 is 0 Å². The summed E-state index contributed by atoms with van der Waals surface area (Å²) in [7, 11) is 0. The number of rotatable bonds is 1. The van der Waals surface area contributed by atoms with Gasteiger partial charge < -0.3 is 5.21 Å². The van der Waals surface area contributed by atoms with Crippen molar-refractivity contribution in [3.63, 3.8) is 0 Å². The SMILES string of the molecule is O=C1C(c2ccc(C(F)(F)F)cc2)=[N+]([O-])c2cc(Cl)ccc21. The van der Waals surface area contributed by atoms with Gasteiger partial charge in [-0.25, -0.2) is 0 Å². The van der Waals surface area contributed by atoms with E-state index in [1.165, 1.54) is 18.2 Å². The average Bonchev–Trinajstić information content (AvgIpc) is 2.70. The number of hydrogen-bond acceptors (Lipinski definition) is 2. The zero-order valence-corrected chi connectivity index (χ0v) is 11.6. The van der Waals surface area contributed by atoms with Gasteiger partial charge in [0.1, 0.15) is 5.56 Å². The number of nitrogens with zero attached hydrogens (tertiary/aromatic N) is 1. The van der Waals surface area contributed by atoms with Crippen molar-refractivity contribution in [3.05, 3.63) is 69.4 Å². The van der Waals surface area contributed by atoms with Gasteiger partial charge in [0.05, 0.1) is 11.1 Å². The molecule has 0 N–H and O–H groups in total. The van der Waals surface area contributed by atoms with E-state index in [1.54, 1.807) is 0 Å². The standard InChI is InChI=1S/C15H7ClF3NO2/c16-10-5-6-11-12(7-10)20(22)13(14(11)21)8-1-3-9(4-2-8)15(17,18)19/h1-7H. The van der Waals surface area contributed by atoms with Crippen molar-refractivity contribution in [2.24, 2.45) is 0 Å². The van der Waals surface area contributed by atoms with Gasteiger partial charge in [-0.05, 0) is 36.4 Å². The van der Waals surface area contributed by atoms with Gasteiger partial charge in [0.2, 0.25) is 5.69 Å². The van der Waals surface area contributed by atoms with Crippen LogP contribution in [0.3, 0.4) is 0 Å². The lowest BCUT2D eigenvalue weighted by atomic mass is 10.0. The molecule has 0 spiro atoms. The Morgan fingerprint density at radius 3 is 2.27 bits per heavy atom. The smallest absolute Gasteiger partial charge is 0.416 e. The van der Waals surface area contributed by atoms with Gasteiger partial charge >= 0.3 is 6.18 Å². The molecule has 0 saturated carbocycles. The molecule has 7 heteroatoms. The fraction of sp³-hybridized carbons (Fsp3) is 0.0667. The van der Waals surface area contributed by atoms with Gasteiger partial charge in [-0.3, -0.25) is 4.79 Å². The lowest BCUT2D eigenvalue weighted by molar-refractivity contribution is -0.355. The lowest BCUT2D eigenvalue weighted by Crippen LogP contribution is -2.17. The van der Waals surface area contributed by atoms with Crippen LogP contribution in [-0.4, -0.2) is 16.2 Å². The van der Waals surface area contributed by atoms with Crippen LogP contribution in [0.1, 0.15) is 21.5 Å². The Bertz CT molecular complexity index is 811. The summed E-state index contributed by atoms with van der Waals surface area (Å²) in [5, 5.41) is 12.5. The van der Waals surface area contributed by atoms with Crippen molar-refractivity contribution in [2.45, 2.75) is 6.18 Å². The summed E-state index contributed by atoms with van der Waals surface area (Å²) >= 11 is 5.79. The Morgan fingerprint density at radius 1 is 1.05 bits per heavy atom. The fourth-order valence-corrected chi connectivity index (χ4v) is 2.44. The molecule has 0 aromatic heterocycles. The topological polar surface area (TPSA) is 43.1 Å². The molecule has 0 aliphatic carbocycles. The number of carbonyl (C=O) groups is 1. The van der Waals surface area contributed by atoms with E-state index >= 15 is 0 Å². The summed E-state index contributed by atoms with van der Waals surface area (Å²) in [5.74, 6) is -0.540. The molecule has 0 saturated heterocycles. The molecule has 22 heavy (non-hydrogen) atoms. The largest absolute Gasteiger partial charge is 0.618 e. The van der Waals surface area contributed by atoms with Crippen molar-refractivity contribution < 1.29 is 22.7 Å². The van der Waals surface area contributed by atoms with Crippen molar-refractivity contribution in [2.75, 3.05) is 0 Å². The highest BCUT2D eigenvalue weighted by atomic mass is 35.5. The van der Waals surface area contributed by atoms with Crippen LogP contribution in [0.25, 0.3) is 0 Å². The lowest BCUT2D eigenvalue weighted by Gasteiger charge is -2.07. The monoisotopic (exact) mass is 325 g/mol. The van der Waals surface area contributed by atoms with Gasteiger partial charge in [0.25, 0.3) is 11.5 Å². The second-order valence-corrected chi connectivity index (χ2v) is 5.15. The minimum atomic E-state index is -4.48. The van der Waals surface area contributed by atoms with Crippen LogP contribution in [0.2, 0.25) is 5.02 Å². The zero-order valence-electron chi connectivity index (χ0n) is 10.8. The van der Waals surface area contributed by atoms with Crippen LogP contribution in [0.15, 0.2) is 42.5 Å². The first-order valence-corrected chi connectivity index (χ1v) is 6.53. The maximum atomic E-state index is 12.5. The van der Waals surface area contributed by atoms with E-state index in [0.29, 0.717) is 9.76 Å². The van der Waals surface area contributed by atoms with E-state index in [0.717, 1.165) is 24.3 Å². The Hall–Kier alpha value is -2.34. The predicted octanol–water partition coefficient (Wildman–Crippen LogP) is 4.19. The summed E-state index contributed by atoms with van der Waals surface area (Å²) < 4.78 is 38.0. The molecule has 2 aromatic rings. The van der Waals surface area contributed by atoms with E-state index in [-0.39, 0.29) is 22.5 Å². The molecule has 1 aliphatic rings. The van der Waals surface area contributed by atoms with Gasteiger partial charge in [0.15, 0.2) is 0 Å². The third kappa shape index (κ3) is 2.25. The molecular formula is C15H7ClF3NO2. The van der Waals surface area contributed by atoms with Gasteiger partial charge in [-0.1, -0.05) is 11.6 Å². The van der Waals surface area contributed by atoms with Crippen LogP contribution in [-0.2, 0) is 6.18 Å². The number of Topliss-reactive ketones (excluding diaryl/α,β-unsaturated/α-hetero) is 1. The summed E-state index contributed by atoms with van der Waals surface area (Å²) in [6, 6.07) is 8.12. The summed E-state index contributed by atoms with van der Waals surface area (Å²) in [5.41, 5.74) is -0.673. The molecule has 0 amide bonds. The molecular weight excluding hydrogens is 319 g/mol. The van der Waals surface area contributed by atoms with Crippen molar-refractivity contribution in [3.8, 4) is 0 Å². The third-order valence-corrected chi connectivity index (χ3v) is 3.56. The summed E-state index contributed by atoms with van der Waals surface area (Å²) in [6.07, 6.45) is -4.48. The highest BCUT2D eigenvalue weighted by Crippen LogP contribution is 2.32. The molecule has 3 nitrogen and oxygen atoms in total. The minimum absolute atomic E-state index is 0.0902. The van der Waals surface area contributed by atoms with E-state index in [1.807, 2.05) is 0 Å². The highest BCUT2D eigenvalue weighted by Gasteiger charge is 2.37. The van der Waals surface area contributed by atoms with Crippen LogP contribution in [0.4, 0.5) is 18.9 Å². The number of halogens is 4. The third-order valence-electron chi connectivity index (χ3n) is 3.33. The highest BCUT2D eigenvalue weighted by molar-refractivity contribution is 6.52. The second kappa shape index (κ2) is 4.84. The summed E-state index contributed by atoms with van der Waals surface area (Å²) in [4.78, 5) is 12.3. The molecule has 0 fully saturated rings. The molecule has 3 rings (SSSR count). The molecule has 0 radical (unpaired) electrons. The maximum Gasteiger partial charge on any atom is 0.416 e. The number of hydrogen-bond donors (Lipinski definition) is 0. The predicted molar refractivity (Wildman–Crippen MR) is 74.6 cm³/mol. The van der Waals surface area contributed by atoms with E-state index in [9.17, 15) is 23.2 Å². The first kappa shape index (κ1) is 14.6. The molecule has 0 bridgehead atoms. The molecule has 1 aliphatic heterocycles. The quantitative estimate of drug-likeness (QED) is 0.583. The average molecular weight is 326 g/mol. The Balaban J connectivity index is 2.08. The van der Waals surface area contributed by atoms with E-state index < -0.39 is 17.5 Å². The molecule has 1 heterocycles. The second-order valence-electron chi connectivity index (χ2n) is 4.71. The Kier molecular flexibility index (Phi) is 3.21. The number of ketones is 1. The van der Waals surface area contributed by atoms with Crippen LogP contribution in [0, 0.1) is 5.21 Å². The Morgan fingerprint density at radius 2 is 1.68 bits per heavy atom. The van der Waals surface area contributed by atoms with Gasteiger partial charge in [-0.15, -0.1) is 0 Å². The van der Waals surface area contributed by atoms with Crippen molar-refractivity contribution >= 4 is 28.8 Å². The number of carbonyl (C=O) groups excluding carboxylic acids is 1. The van der Waals surface area contributed by atoms with E-state index in [4.69, 9.17) is 11.6 Å². The summed E-state index contributed by atoms with van der Waals surface area (Å²) in [6.45, 7) is 0. The number of fused-ring (bicyclic) bond motifs is 1. The first-order chi connectivity index (χ1) is 10.3. The minimum Gasteiger partial charge on any atom is -0.618 e. The molecule has 112 valence electrons. The molecule has 0 atom stereocenters. The fourth-order valence-electron chi connectivity index (χ4n) is 2.27. The first-order valence-electron chi connectivity index (χ1n) is 6.15. The Labute approximate surface area is 127 Å². The number of alkyl halides is 3. The van der Waals surface area contributed by atoms with Crippen LogP contribution in [0.5, 0.6) is 0 Å². The van der Waals surface area contributed by atoms with Crippen LogP contribution >= 0.6 is 11.6 Å². The number of benzene rings is 2. The molecule has 2 aromatic carbocycles. The van der Waals surface area contributed by atoms with Gasteiger partial charge in [-0.2, -0.15) is 17.9 Å². The molecule has 0 unspecified atom stereocenters. The van der Waals surface area contributed by atoms with Crippen molar-refractivity contribution in [1.29, 1.82) is 0 Å². The van der Waals surface area contributed by atoms with Gasteiger partial charge in [0, 0.05) is 11.1 Å².